The first kappa shape index (κ1) is 22.8. The van der Waals surface area contributed by atoms with E-state index in [0.29, 0.717) is 11.0 Å². The zero-order valence-electron chi connectivity index (χ0n) is 16.8. The maximum Gasteiger partial charge on any atom is 0.316 e. The second kappa shape index (κ2) is 9.11. The Bertz CT molecular complexity index is 1430. The highest BCUT2D eigenvalue weighted by molar-refractivity contribution is 7.89. The second-order valence-electron chi connectivity index (χ2n) is 6.64. The number of nitrogens with one attached hydrogen (secondary N) is 3. The predicted octanol–water partition coefficient (Wildman–Crippen LogP) is 0.326. The van der Waals surface area contributed by atoms with E-state index in [0.717, 1.165) is 6.07 Å². The van der Waals surface area contributed by atoms with Crippen LogP contribution in [0.15, 0.2) is 56.9 Å². The predicted molar refractivity (Wildman–Crippen MR) is 115 cm³/mol. The number of hydrogen-bond donors (Lipinski definition) is 3. The lowest BCUT2D eigenvalue weighted by Crippen LogP contribution is -2.36. The Morgan fingerprint density at radius 2 is 1.91 bits per heavy atom. The van der Waals surface area contributed by atoms with Gasteiger partial charge in [0.25, 0.3) is 11.6 Å². The molecule has 168 valence electrons. The SMILES string of the molecule is CCn1c(=O)c(=O)[nH]c2cc(C(=O)NCCNS(=O)(=O)c3cccc([N+](=O)[O-])c3)ccc21. The Morgan fingerprint density at radius 1 is 1.16 bits per heavy atom. The average molecular weight is 461 g/mol. The van der Waals surface area contributed by atoms with E-state index in [1.807, 2.05) is 0 Å². The van der Waals surface area contributed by atoms with Crippen LogP contribution < -0.4 is 21.2 Å². The molecule has 0 spiro atoms. The Balaban J connectivity index is 1.66. The van der Waals surface area contributed by atoms with Crippen molar-refractivity contribution >= 4 is 32.7 Å². The largest absolute Gasteiger partial charge is 0.351 e. The standard InChI is InChI=1S/C19H19N5O7S/c1-2-23-16-7-6-12(10-15(16)22-18(26)19(23)27)17(25)20-8-9-21-32(30,31)14-5-3-4-13(11-14)24(28)29/h3-7,10-11,21H,2,8-9H2,1H3,(H,20,25)(H,22,26). The lowest BCUT2D eigenvalue weighted by atomic mass is 10.1. The number of rotatable bonds is 8. The Labute approximate surface area is 181 Å². The third-order valence-corrected chi connectivity index (χ3v) is 6.05. The number of aromatic amines is 1. The van der Waals surface area contributed by atoms with Crippen LogP contribution in [0.5, 0.6) is 0 Å². The van der Waals surface area contributed by atoms with Crippen LogP contribution in [0.4, 0.5) is 5.69 Å². The minimum Gasteiger partial charge on any atom is -0.351 e. The van der Waals surface area contributed by atoms with Crippen LogP contribution >= 0.6 is 0 Å². The van der Waals surface area contributed by atoms with Crippen LogP contribution in [0, 0.1) is 10.1 Å². The number of sulfonamides is 1. The molecule has 12 nitrogen and oxygen atoms in total. The molecular weight excluding hydrogens is 442 g/mol. The van der Waals surface area contributed by atoms with E-state index in [1.54, 1.807) is 6.92 Å². The molecule has 1 heterocycles. The average Bonchev–Trinajstić information content (AvgIpc) is 2.77. The molecule has 1 aromatic heterocycles. The molecule has 0 aliphatic heterocycles. The zero-order valence-corrected chi connectivity index (χ0v) is 17.6. The summed E-state index contributed by atoms with van der Waals surface area (Å²) in [6.07, 6.45) is 0. The number of benzene rings is 2. The molecule has 32 heavy (non-hydrogen) atoms. The highest BCUT2D eigenvalue weighted by Crippen LogP contribution is 2.17. The van der Waals surface area contributed by atoms with Gasteiger partial charge in [0.2, 0.25) is 10.0 Å². The summed E-state index contributed by atoms with van der Waals surface area (Å²) in [7, 11) is -4.00. The summed E-state index contributed by atoms with van der Waals surface area (Å²) in [5, 5.41) is 13.3. The first-order chi connectivity index (χ1) is 15.1. The molecule has 0 fully saturated rings. The van der Waals surface area contributed by atoms with Gasteiger partial charge in [-0.2, -0.15) is 0 Å². The highest BCUT2D eigenvalue weighted by atomic mass is 32.2. The molecule has 1 amide bonds. The van der Waals surface area contributed by atoms with Gasteiger partial charge in [-0.15, -0.1) is 0 Å². The van der Waals surface area contributed by atoms with Gasteiger partial charge in [0.1, 0.15) is 0 Å². The van der Waals surface area contributed by atoms with E-state index in [9.17, 15) is 32.9 Å². The zero-order chi connectivity index (χ0) is 23.5. The monoisotopic (exact) mass is 461 g/mol. The van der Waals surface area contributed by atoms with Crippen molar-refractivity contribution in [2.45, 2.75) is 18.4 Å². The fourth-order valence-corrected chi connectivity index (χ4v) is 4.12. The van der Waals surface area contributed by atoms with Gasteiger partial charge in [-0.1, -0.05) is 6.07 Å². The van der Waals surface area contributed by atoms with Gasteiger partial charge in [0.15, 0.2) is 0 Å². The minimum absolute atomic E-state index is 0.0595. The Kier molecular flexibility index (Phi) is 6.50. The fraction of sp³-hybridized carbons (Fsp3) is 0.211. The molecule has 3 rings (SSSR count). The number of nitro benzene ring substituents is 1. The van der Waals surface area contributed by atoms with Crippen LogP contribution in [0.2, 0.25) is 0 Å². The first-order valence-electron chi connectivity index (χ1n) is 9.43. The second-order valence-corrected chi connectivity index (χ2v) is 8.41. The third kappa shape index (κ3) is 4.73. The molecule has 0 bridgehead atoms. The smallest absolute Gasteiger partial charge is 0.316 e. The van der Waals surface area contributed by atoms with Gasteiger partial charge in [-0.3, -0.25) is 24.5 Å². The van der Waals surface area contributed by atoms with Crippen LogP contribution in [0.1, 0.15) is 17.3 Å². The number of aromatic nitrogens is 2. The molecule has 2 aromatic carbocycles. The van der Waals surface area contributed by atoms with E-state index in [2.05, 4.69) is 15.0 Å². The van der Waals surface area contributed by atoms with Crippen LogP contribution in [-0.4, -0.2) is 41.9 Å². The number of H-pyrrole nitrogens is 1. The van der Waals surface area contributed by atoms with Crippen molar-refractivity contribution in [2.24, 2.45) is 0 Å². The quantitative estimate of drug-likeness (QED) is 0.187. The number of nitro groups is 1. The molecule has 0 radical (unpaired) electrons. The van der Waals surface area contributed by atoms with Crippen molar-refractivity contribution < 1.29 is 18.1 Å². The van der Waals surface area contributed by atoms with Crippen molar-refractivity contribution in [3.05, 3.63) is 78.8 Å². The summed E-state index contributed by atoms with van der Waals surface area (Å²) in [5.41, 5.74) is -0.852. The van der Waals surface area contributed by atoms with Crippen molar-refractivity contribution in [1.82, 2.24) is 19.6 Å². The molecular formula is C19H19N5O7S. The number of nitrogens with zero attached hydrogens (tertiary/aromatic N) is 2. The molecule has 0 aliphatic carbocycles. The molecule has 0 unspecified atom stereocenters. The van der Waals surface area contributed by atoms with Crippen molar-refractivity contribution in [1.29, 1.82) is 0 Å². The molecule has 0 saturated carbocycles. The van der Waals surface area contributed by atoms with Crippen molar-refractivity contribution in [2.75, 3.05) is 13.1 Å². The normalized spacial score (nSPS) is 11.4. The Hall–Kier alpha value is -3.84. The van der Waals surface area contributed by atoms with Gasteiger partial charge >= 0.3 is 11.1 Å². The molecule has 3 aromatic rings. The molecule has 13 heteroatoms. The van der Waals surface area contributed by atoms with Gasteiger partial charge < -0.3 is 14.9 Å². The van der Waals surface area contributed by atoms with Crippen LogP contribution in [0.3, 0.4) is 0 Å². The van der Waals surface area contributed by atoms with Crippen LogP contribution in [0.25, 0.3) is 11.0 Å². The number of non-ortho nitro benzene ring substituents is 1. The summed E-state index contributed by atoms with van der Waals surface area (Å²) in [5.74, 6) is -0.517. The summed E-state index contributed by atoms with van der Waals surface area (Å²) >= 11 is 0. The number of carbonyl (C=O) groups excluding carboxylic acids is 1. The van der Waals surface area contributed by atoms with Gasteiger partial charge in [-0.05, 0) is 31.2 Å². The van der Waals surface area contributed by atoms with Crippen molar-refractivity contribution in [3.8, 4) is 0 Å². The molecule has 0 saturated heterocycles. The van der Waals surface area contributed by atoms with Gasteiger partial charge in [0.05, 0.1) is 20.9 Å². The van der Waals surface area contributed by atoms with E-state index in [4.69, 9.17) is 0 Å². The number of carbonyl (C=O) groups is 1. The lowest BCUT2D eigenvalue weighted by molar-refractivity contribution is -0.385. The molecule has 0 aliphatic rings. The number of hydrogen-bond acceptors (Lipinski definition) is 7. The maximum atomic E-state index is 12.4. The Morgan fingerprint density at radius 3 is 2.59 bits per heavy atom. The summed E-state index contributed by atoms with van der Waals surface area (Å²) in [4.78, 5) is 48.3. The first-order valence-corrected chi connectivity index (χ1v) is 10.9. The van der Waals surface area contributed by atoms with E-state index < -0.39 is 32.0 Å². The molecule has 0 atom stereocenters. The number of amides is 1. The summed E-state index contributed by atoms with van der Waals surface area (Å²) < 4.78 is 28.1. The third-order valence-electron chi connectivity index (χ3n) is 4.59. The van der Waals surface area contributed by atoms with Gasteiger partial charge in [-0.25, -0.2) is 13.1 Å². The fourth-order valence-electron chi connectivity index (χ4n) is 3.05. The van der Waals surface area contributed by atoms with Crippen molar-refractivity contribution in [3.63, 3.8) is 0 Å². The maximum absolute atomic E-state index is 12.4. The number of aryl methyl sites for hydroxylation is 1. The van der Waals surface area contributed by atoms with E-state index in [1.165, 1.54) is 41.0 Å². The molecule has 3 N–H and O–H groups in total. The van der Waals surface area contributed by atoms with E-state index >= 15 is 0 Å². The lowest BCUT2D eigenvalue weighted by Gasteiger charge is -2.10. The summed E-state index contributed by atoms with van der Waals surface area (Å²) in [6.45, 7) is 1.79. The highest BCUT2D eigenvalue weighted by Gasteiger charge is 2.17. The summed E-state index contributed by atoms with van der Waals surface area (Å²) in [6, 6.07) is 9.04. The minimum atomic E-state index is -4.00. The van der Waals surface area contributed by atoms with Gasteiger partial charge in [0, 0.05) is 37.3 Å². The number of fused-ring (bicyclic) bond motifs is 1. The topological polar surface area (TPSA) is 173 Å². The van der Waals surface area contributed by atoms with E-state index in [-0.39, 0.29) is 35.8 Å². The van der Waals surface area contributed by atoms with Crippen LogP contribution in [-0.2, 0) is 16.6 Å².